The van der Waals surface area contributed by atoms with Crippen LogP contribution in [0.3, 0.4) is 0 Å². The van der Waals surface area contributed by atoms with Crippen LogP contribution in [0.25, 0.3) is 0 Å². The van der Waals surface area contributed by atoms with Crippen LogP contribution in [0.5, 0.6) is 0 Å². The minimum absolute atomic E-state index is 0.0876. The molecule has 1 unspecified atom stereocenters. The molecule has 1 aliphatic heterocycles. The minimum atomic E-state index is -0.439. The van der Waals surface area contributed by atoms with Crippen molar-refractivity contribution in [2.75, 3.05) is 26.4 Å². The van der Waals surface area contributed by atoms with Crippen molar-refractivity contribution < 1.29 is 14.3 Å². The van der Waals surface area contributed by atoms with Gasteiger partial charge < -0.3 is 14.8 Å². The molecule has 0 aromatic carbocycles. The molecular formula is C11H17NO3. The van der Waals surface area contributed by atoms with Gasteiger partial charge in [-0.25, -0.2) is 0 Å². The maximum atomic E-state index is 11.5. The van der Waals surface area contributed by atoms with Gasteiger partial charge in [0.05, 0.1) is 19.8 Å². The number of unbranched alkanes of at least 4 members (excludes halogenated alkanes) is 2. The van der Waals surface area contributed by atoms with E-state index in [2.05, 4.69) is 11.2 Å². The molecule has 1 rings (SSSR count). The number of hydrogen-bond donors (Lipinski definition) is 1. The Balaban J connectivity index is 2.05. The molecule has 0 aliphatic carbocycles. The molecule has 0 spiro atoms. The summed E-state index contributed by atoms with van der Waals surface area (Å²) in [7, 11) is 0. The summed E-state index contributed by atoms with van der Waals surface area (Å²) in [5, 5.41) is 2.80. The fraction of sp³-hybridized carbons (Fsp3) is 0.727. The van der Waals surface area contributed by atoms with Gasteiger partial charge in [0.1, 0.15) is 0 Å². The van der Waals surface area contributed by atoms with Gasteiger partial charge >= 0.3 is 0 Å². The van der Waals surface area contributed by atoms with Gasteiger partial charge in [-0.2, -0.15) is 0 Å². The molecule has 1 atom stereocenters. The monoisotopic (exact) mass is 211 g/mol. The molecule has 0 aromatic heterocycles. The van der Waals surface area contributed by atoms with Gasteiger partial charge in [0, 0.05) is 13.0 Å². The van der Waals surface area contributed by atoms with Gasteiger partial charge in [-0.3, -0.25) is 4.79 Å². The summed E-state index contributed by atoms with van der Waals surface area (Å²) in [6, 6.07) is 0. The van der Waals surface area contributed by atoms with E-state index in [0.29, 0.717) is 26.4 Å². The van der Waals surface area contributed by atoms with E-state index in [-0.39, 0.29) is 5.91 Å². The first kappa shape index (κ1) is 12.0. The molecule has 1 aliphatic rings. The molecule has 0 radical (unpaired) electrons. The molecular weight excluding hydrogens is 194 g/mol. The lowest BCUT2D eigenvalue weighted by molar-refractivity contribution is -0.147. The Bertz CT molecular complexity index is 228. The highest BCUT2D eigenvalue weighted by atomic mass is 16.6. The van der Waals surface area contributed by atoms with Crippen LogP contribution in [0.15, 0.2) is 0 Å². The van der Waals surface area contributed by atoms with Crippen LogP contribution in [-0.2, 0) is 14.3 Å². The average Bonchev–Trinajstić information content (AvgIpc) is 2.30. The second-order valence-corrected chi connectivity index (χ2v) is 3.39. The van der Waals surface area contributed by atoms with E-state index in [1.165, 1.54) is 0 Å². The molecule has 0 aromatic rings. The number of ether oxygens (including phenoxy) is 2. The number of rotatable bonds is 5. The molecule has 1 amide bonds. The van der Waals surface area contributed by atoms with Crippen LogP contribution in [-0.4, -0.2) is 38.4 Å². The number of amides is 1. The normalized spacial score (nSPS) is 20.6. The lowest BCUT2D eigenvalue weighted by Crippen LogP contribution is -2.43. The highest BCUT2D eigenvalue weighted by Gasteiger charge is 2.21. The summed E-state index contributed by atoms with van der Waals surface area (Å²) >= 11 is 0. The van der Waals surface area contributed by atoms with Crippen LogP contribution in [0.1, 0.15) is 19.3 Å². The van der Waals surface area contributed by atoms with E-state index in [1.54, 1.807) is 0 Å². The molecule has 1 saturated heterocycles. The molecule has 0 saturated carbocycles. The minimum Gasteiger partial charge on any atom is -0.376 e. The number of terminal acetylenes is 1. The first-order valence-electron chi connectivity index (χ1n) is 5.25. The SMILES string of the molecule is C#CCCCCNC(=O)C1COCCO1. The first-order chi connectivity index (χ1) is 7.34. The standard InChI is InChI=1S/C11H17NO3/c1-2-3-4-5-6-12-11(13)10-9-14-7-8-15-10/h1,10H,3-9H2,(H,12,13). The Hall–Kier alpha value is -1.05. The van der Waals surface area contributed by atoms with Gasteiger partial charge in [-0.05, 0) is 12.8 Å². The Labute approximate surface area is 90.3 Å². The highest BCUT2D eigenvalue weighted by Crippen LogP contribution is 2.00. The quantitative estimate of drug-likeness (QED) is 0.526. The topological polar surface area (TPSA) is 47.6 Å². The first-order valence-corrected chi connectivity index (χ1v) is 5.25. The van der Waals surface area contributed by atoms with Crippen molar-refractivity contribution in [1.82, 2.24) is 5.32 Å². The largest absolute Gasteiger partial charge is 0.376 e. The summed E-state index contributed by atoms with van der Waals surface area (Å²) in [6.45, 7) is 2.08. The van der Waals surface area contributed by atoms with Crippen LogP contribution < -0.4 is 5.32 Å². The zero-order valence-corrected chi connectivity index (χ0v) is 8.83. The van der Waals surface area contributed by atoms with E-state index in [1.807, 2.05) is 0 Å². The molecule has 15 heavy (non-hydrogen) atoms. The number of hydrogen-bond acceptors (Lipinski definition) is 3. The molecule has 1 heterocycles. The third kappa shape index (κ3) is 4.82. The maximum Gasteiger partial charge on any atom is 0.251 e. The third-order valence-electron chi connectivity index (χ3n) is 2.16. The van der Waals surface area contributed by atoms with Crippen LogP contribution in [0.4, 0.5) is 0 Å². The summed E-state index contributed by atoms with van der Waals surface area (Å²) in [6.07, 6.45) is 7.29. The van der Waals surface area contributed by atoms with E-state index in [0.717, 1.165) is 19.3 Å². The van der Waals surface area contributed by atoms with E-state index < -0.39 is 6.10 Å². The maximum absolute atomic E-state index is 11.5. The van der Waals surface area contributed by atoms with Crippen molar-refractivity contribution in [3.63, 3.8) is 0 Å². The smallest absolute Gasteiger partial charge is 0.251 e. The third-order valence-corrected chi connectivity index (χ3v) is 2.16. The Morgan fingerprint density at radius 1 is 1.47 bits per heavy atom. The Morgan fingerprint density at radius 3 is 3.00 bits per heavy atom. The summed E-state index contributed by atoms with van der Waals surface area (Å²) in [5.74, 6) is 2.47. The van der Waals surface area contributed by atoms with Gasteiger partial charge in [0.2, 0.25) is 0 Å². The van der Waals surface area contributed by atoms with Crippen molar-refractivity contribution in [1.29, 1.82) is 0 Å². The van der Waals surface area contributed by atoms with Gasteiger partial charge in [-0.15, -0.1) is 12.3 Å². The molecule has 1 N–H and O–H groups in total. The molecule has 4 heteroatoms. The summed E-state index contributed by atoms with van der Waals surface area (Å²) in [4.78, 5) is 11.5. The zero-order chi connectivity index (χ0) is 10.9. The molecule has 84 valence electrons. The van der Waals surface area contributed by atoms with Crippen LogP contribution in [0, 0.1) is 12.3 Å². The summed E-state index contributed by atoms with van der Waals surface area (Å²) < 4.78 is 10.4. The fourth-order valence-electron chi connectivity index (χ4n) is 1.32. The number of nitrogens with one attached hydrogen (secondary N) is 1. The predicted molar refractivity (Wildman–Crippen MR) is 56.3 cm³/mol. The van der Waals surface area contributed by atoms with Gasteiger partial charge in [0.15, 0.2) is 6.10 Å². The average molecular weight is 211 g/mol. The number of carbonyl (C=O) groups excluding carboxylic acids is 1. The van der Waals surface area contributed by atoms with Crippen molar-refractivity contribution in [3.05, 3.63) is 0 Å². The molecule has 4 nitrogen and oxygen atoms in total. The fourth-order valence-corrected chi connectivity index (χ4v) is 1.32. The molecule has 1 fully saturated rings. The Kier molecular flexibility index (Phi) is 5.83. The summed E-state index contributed by atoms with van der Waals surface area (Å²) in [5.41, 5.74) is 0. The van der Waals surface area contributed by atoms with Crippen molar-refractivity contribution in [2.45, 2.75) is 25.4 Å². The van der Waals surface area contributed by atoms with Crippen LogP contribution >= 0.6 is 0 Å². The second kappa shape index (κ2) is 7.27. The van der Waals surface area contributed by atoms with Crippen molar-refractivity contribution in [3.8, 4) is 12.3 Å². The second-order valence-electron chi connectivity index (χ2n) is 3.39. The van der Waals surface area contributed by atoms with Crippen LogP contribution in [0.2, 0.25) is 0 Å². The zero-order valence-electron chi connectivity index (χ0n) is 8.83. The van der Waals surface area contributed by atoms with Gasteiger partial charge in [0.25, 0.3) is 5.91 Å². The van der Waals surface area contributed by atoms with Gasteiger partial charge in [-0.1, -0.05) is 0 Å². The Morgan fingerprint density at radius 2 is 2.33 bits per heavy atom. The lowest BCUT2D eigenvalue weighted by Gasteiger charge is -2.21. The highest BCUT2D eigenvalue weighted by molar-refractivity contribution is 5.80. The lowest BCUT2D eigenvalue weighted by atomic mass is 10.2. The van der Waals surface area contributed by atoms with E-state index in [4.69, 9.17) is 15.9 Å². The predicted octanol–water partition coefficient (Wildman–Crippen LogP) is 0.321. The van der Waals surface area contributed by atoms with Crippen molar-refractivity contribution >= 4 is 5.91 Å². The number of carbonyl (C=O) groups is 1. The van der Waals surface area contributed by atoms with E-state index >= 15 is 0 Å². The molecule has 0 bridgehead atoms. The van der Waals surface area contributed by atoms with Crippen molar-refractivity contribution in [2.24, 2.45) is 0 Å². The van der Waals surface area contributed by atoms with E-state index in [9.17, 15) is 4.79 Å².